The van der Waals surface area contributed by atoms with E-state index in [-0.39, 0.29) is 18.1 Å². The van der Waals surface area contributed by atoms with Crippen LogP contribution in [0.15, 0.2) is 54.7 Å². The number of rotatable bonds is 5. The highest BCUT2D eigenvalue weighted by molar-refractivity contribution is 7.91. The van der Waals surface area contributed by atoms with Gasteiger partial charge < -0.3 is 14.8 Å². The molecule has 1 aliphatic rings. The molecule has 10 heteroatoms. The lowest BCUT2D eigenvalue weighted by molar-refractivity contribution is 0.151. The number of likely N-dealkylation sites (N-methyl/N-ethyl adjacent to an activating group) is 1. The number of benzene rings is 1. The lowest BCUT2D eigenvalue weighted by atomic mass is 10.1. The van der Waals surface area contributed by atoms with Crippen LogP contribution < -0.4 is 10.1 Å². The normalized spacial score (nSPS) is 16.1. The van der Waals surface area contributed by atoms with Crippen molar-refractivity contribution in [3.8, 4) is 16.3 Å². The third-order valence-corrected chi connectivity index (χ3v) is 8.21. The van der Waals surface area contributed by atoms with Gasteiger partial charge >= 0.3 is 0 Å². The molecule has 6 bridgehead atoms. The van der Waals surface area contributed by atoms with E-state index >= 15 is 0 Å². The Labute approximate surface area is 210 Å². The maximum absolute atomic E-state index is 11.9. The molecule has 2 aromatic heterocycles. The highest BCUT2D eigenvalue weighted by Gasteiger charge is 2.13. The highest BCUT2D eigenvalue weighted by Crippen LogP contribution is 2.29. The average molecular weight is 515 g/mol. The molecule has 8 nitrogen and oxygen atoms in total. The van der Waals surface area contributed by atoms with E-state index in [1.165, 1.54) is 0 Å². The van der Waals surface area contributed by atoms with Crippen molar-refractivity contribution in [2.45, 2.75) is 20.1 Å². The van der Waals surface area contributed by atoms with Crippen LogP contribution in [0.2, 0.25) is 0 Å². The van der Waals surface area contributed by atoms with Crippen molar-refractivity contribution in [3.63, 3.8) is 0 Å². The predicted octanol–water partition coefficient (Wildman–Crippen LogP) is 4.28. The first-order valence-corrected chi connectivity index (χ1v) is 14.1. The number of hydrogen-bond donors (Lipinski definition) is 1. The Morgan fingerprint density at radius 3 is 2.94 bits per heavy atom. The summed E-state index contributed by atoms with van der Waals surface area (Å²) in [6.07, 6.45) is 5.85. The van der Waals surface area contributed by atoms with Gasteiger partial charge in [-0.3, -0.25) is 4.90 Å². The SMILES string of the molecule is CCS(=O)(=O)CCOc1ccc2cc1CN(C)C/C=C/COCc1ccc(s1)-c1ccnc(n1)N2. The molecule has 0 fully saturated rings. The number of thiophene rings is 1. The summed E-state index contributed by atoms with van der Waals surface area (Å²) in [6.45, 7) is 4.21. The first-order chi connectivity index (χ1) is 16.9. The van der Waals surface area contributed by atoms with Crippen LogP contribution in [0.4, 0.5) is 11.6 Å². The summed E-state index contributed by atoms with van der Waals surface area (Å²) in [5, 5.41) is 3.29. The number of aromatic nitrogens is 2. The van der Waals surface area contributed by atoms with Crippen molar-refractivity contribution in [1.29, 1.82) is 0 Å². The fourth-order valence-electron chi connectivity index (χ4n) is 3.53. The summed E-state index contributed by atoms with van der Waals surface area (Å²) in [4.78, 5) is 13.4. The maximum Gasteiger partial charge on any atom is 0.227 e. The molecule has 0 saturated carbocycles. The van der Waals surface area contributed by atoms with E-state index in [2.05, 4.69) is 38.4 Å². The van der Waals surface area contributed by atoms with Gasteiger partial charge in [-0.25, -0.2) is 18.4 Å². The van der Waals surface area contributed by atoms with Crippen molar-refractivity contribution < 1.29 is 17.9 Å². The van der Waals surface area contributed by atoms with Gasteiger partial charge in [-0.2, -0.15) is 0 Å². The van der Waals surface area contributed by atoms with E-state index in [1.54, 1.807) is 24.5 Å². The Morgan fingerprint density at radius 1 is 1.20 bits per heavy atom. The van der Waals surface area contributed by atoms with E-state index in [1.807, 2.05) is 37.4 Å². The number of fused-ring (bicyclic) bond motifs is 7. The Morgan fingerprint density at radius 2 is 2.09 bits per heavy atom. The molecule has 35 heavy (non-hydrogen) atoms. The molecule has 0 aliphatic carbocycles. The summed E-state index contributed by atoms with van der Waals surface area (Å²) in [7, 11) is -1.07. The quantitative estimate of drug-likeness (QED) is 0.505. The van der Waals surface area contributed by atoms with Crippen LogP contribution in [0.5, 0.6) is 5.75 Å². The predicted molar refractivity (Wildman–Crippen MR) is 140 cm³/mol. The van der Waals surface area contributed by atoms with Crippen molar-refractivity contribution >= 4 is 32.8 Å². The number of anilines is 2. The van der Waals surface area contributed by atoms with Gasteiger partial charge in [0.2, 0.25) is 5.95 Å². The van der Waals surface area contributed by atoms with Gasteiger partial charge in [-0.05, 0) is 43.4 Å². The molecular formula is C25H30N4O4S2. The topological polar surface area (TPSA) is 93.7 Å². The molecule has 0 radical (unpaired) electrons. The Kier molecular flexibility index (Phi) is 8.50. The molecule has 3 heterocycles. The molecule has 1 aromatic carbocycles. The fourth-order valence-corrected chi connectivity index (χ4v) is 5.07. The van der Waals surface area contributed by atoms with Crippen LogP contribution in [0, 0.1) is 0 Å². The van der Waals surface area contributed by atoms with Crippen LogP contribution in [-0.2, 0) is 27.7 Å². The van der Waals surface area contributed by atoms with Gasteiger partial charge in [0.1, 0.15) is 12.4 Å². The summed E-state index contributed by atoms with van der Waals surface area (Å²) < 4.78 is 35.4. The fraction of sp³-hybridized carbons (Fsp3) is 0.360. The van der Waals surface area contributed by atoms with Crippen LogP contribution in [0.1, 0.15) is 17.4 Å². The third kappa shape index (κ3) is 7.35. The second-order valence-corrected chi connectivity index (χ2v) is 11.9. The summed E-state index contributed by atoms with van der Waals surface area (Å²) in [6, 6.07) is 11.8. The molecule has 186 valence electrons. The highest BCUT2D eigenvalue weighted by atomic mass is 32.2. The van der Waals surface area contributed by atoms with Gasteiger partial charge in [-0.15, -0.1) is 11.3 Å². The molecule has 1 N–H and O–H groups in total. The molecule has 1 aliphatic heterocycles. The Bertz CT molecular complexity index is 1270. The van der Waals surface area contributed by atoms with Gasteiger partial charge in [-0.1, -0.05) is 19.1 Å². The minimum atomic E-state index is -3.10. The lowest BCUT2D eigenvalue weighted by Crippen LogP contribution is -2.20. The van der Waals surface area contributed by atoms with Crippen LogP contribution in [0.25, 0.3) is 10.6 Å². The largest absolute Gasteiger partial charge is 0.492 e. The van der Waals surface area contributed by atoms with Crippen LogP contribution in [0.3, 0.4) is 0 Å². The van der Waals surface area contributed by atoms with Crippen molar-refractivity contribution in [3.05, 3.63) is 65.2 Å². The molecule has 0 atom stereocenters. The number of nitrogens with zero attached hydrogens (tertiary/aromatic N) is 3. The minimum Gasteiger partial charge on any atom is -0.492 e. The monoisotopic (exact) mass is 514 g/mol. The van der Waals surface area contributed by atoms with Crippen LogP contribution in [-0.4, -0.2) is 61.6 Å². The number of hydrogen-bond acceptors (Lipinski definition) is 9. The van der Waals surface area contributed by atoms with E-state index in [4.69, 9.17) is 9.47 Å². The molecule has 3 aromatic rings. The van der Waals surface area contributed by atoms with Crippen molar-refractivity contribution in [2.75, 3.05) is 43.6 Å². The zero-order valence-corrected chi connectivity index (χ0v) is 21.6. The second kappa shape index (κ2) is 11.8. The smallest absolute Gasteiger partial charge is 0.227 e. The number of nitrogens with one attached hydrogen (secondary N) is 1. The van der Waals surface area contributed by atoms with Crippen LogP contribution >= 0.6 is 11.3 Å². The summed E-state index contributed by atoms with van der Waals surface area (Å²) >= 11 is 1.66. The van der Waals surface area contributed by atoms with Crippen molar-refractivity contribution in [2.24, 2.45) is 0 Å². The van der Waals surface area contributed by atoms with E-state index in [9.17, 15) is 8.42 Å². The standard InChI is InChI=1S/C25H30N4O4S2/c1-3-35(30,31)15-14-33-23-8-6-20-16-19(23)17-29(2)12-4-5-13-32-18-21-7-9-24(34-21)22-10-11-26-25(27-20)28-22/h4-11,16H,3,12-15,17-18H2,1-2H3,(H,26,27,28)/b5-4+. The maximum atomic E-state index is 11.9. The minimum absolute atomic E-state index is 0.00736. The van der Waals surface area contributed by atoms with Gasteiger partial charge in [0, 0.05) is 41.2 Å². The van der Waals surface area contributed by atoms with Gasteiger partial charge in [0.05, 0.1) is 29.5 Å². The zero-order valence-electron chi connectivity index (χ0n) is 19.9. The zero-order chi connectivity index (χ0) is 24.7. The summed E-state index contributed by atoms with van der Waals surface area (Å²) in [5.74, 6) is 1.26. The first-order valence-electron chi connectivity index (χ1n) is 11.5. The molecular weight excluding hydrogens is 484 g/mol. The third-order valence-electron chi connectivity index (χ3n) is 5.46. The van der Waals surface area contributed by atoms with E-state index < -0.39 is 9.84 Å². The first kappa shape index (κ1) is 25.3. The molecule has 4 rings (SSSR count). The molecule has 0 unspecified atom stereocenters. The Hall–Kier alpha value is -2.79. The van der Waals surface area contributed by atoms with Gasteiger partial charge in [0.25, 0.3) is 0 Å². The van der Waals surface area contributed by atoms with Crippen molar-refractivity contribution in [1.82, 2.24) is 14.9 Å². The molecule has 0 saturated heterocycles. The molecule has 0 spiro atoms. The average Bonchev–Trinajstić information content (AvgIpc) is 3.31. The number of ether oxygens (including phenoxy) is 2. The second-order valence-electron chi connectivity index (χ2n) is 8.25. The molecule has 0 amide bonds. The van der Waals surface area contributed by atoms with E-state index in [0.717, 1.165) is 33.2 Å². The summed E-state index contributed by atoms with van der Waals surface area (Å²) in [5.41, 5.74) is 2.61. The van der Waals surface area contributed by atoms with E-state index in [0.29, 0.717) is 31.5 Å². The Balaban J connectivity index is 1.61. The van der Waals surface area contributed by atoms with Gasteiger partial charge in [0.15, 0.2) is 9.84 Å². The number of sulfone groups is 1. The lowest BCUT2D eigenvalue weighted by Gasteiger charge is -2.19.